The molecule has 0 saturated heterocycles. The molecular weight excluding hydrogens is 442 g/mol. The van der Waals surface area contributed by atoms with Gasteiger partial charge in [-0.2, -0.15) is 0 Å². The molecule has 9 heteroatoms. The van der Waals surface area contributed by atoms with E-state index in [0.717, 1.165) is 0 Å². The number of amides is 1. The molecule has 2 aromatic heterocycles. The Morgan fingerprint density at radius 1 is 1.12 bits per heavy atom. The van der Waals surface area contributed by atoms with E-state index in [9.17, 15) is 14.4 Å². The van der Waals surface area contributed by atoms with E-state index in [-0.39, 0.29) is 18.5 Å². The van der Waals surface area contributed by atoms with Crippen LogP contribution in [0.2, 0.25) is 0 Å². The number of methoxy groups -OCH3 is 1. The highest BCUT2D eigenvalue weighted by atomic mass is 32.1. The molecule has 1 unspecified atom stereocenters. The second-order valence-corrected chi connectivity index (χ2v) is 8.03. The van der Waals surface area contributed by atoms with E-state index < -0.39 is 18.0 Å². The SMILES string of the molecule is COc1cccc(NC(=O)C(OC(=O)CCn2cnc3sccc3c2=O)c2ccccc2)c1. The third kappa shape index (κ3) is 5.27. The number of thiophene rings is 1. The van der Waals surface area contributed by atoms with Gasteiger partial charge in [-0.15, -0.1) is 11.3 Å². The van der Waals surface area contributed by atoms with Crippen molar-refractivity contribution in [1.29, 1.82) is 0 Å². The van der Waals surface area contributed by atoms with Gasteiger partial charge in [0.05, 0.1) is 25.2 Å². The van der Waals surface area contributed by atoms with Crippen LogP contribution in [-0.4, -0.2) is 28.5 Å². The molecule has 4 rings (SSSR count). The molecular formula is C24H21N3O5S. The number of fused-ring (bicyclic) bond motifs is 1. The number of carbonyl (C=O) groups excluding carboxylic acids is 2. The summed E-state index contributed by atoms with van der Waals surface area (Å²) in [6, 6.07) is 17.3. The number of aryl methyl sites for hydroxylation is 1. The maximum atomic E-state index is 13.0. The highest BCUT2D eigenvalue weighted by molar-refractivity contribution is 7.16. The smallest absolute Gasteiger partial charge is 0.308 e. The van der Waals surface area contributed by atoms with Crippen molar-refractivity contribution in [1.82, 2.24) is 9.55 Å². The minimum atomic E-state index is -1.15. The van der Waals surface area contributed by atoms with Crippen LogP contribution in [0.3, 0.4) is 0 Å². The summed E-state index contributed by atoms with van der Waals surface area (Å²) in [6.45, 7) is 0.0927. The molecule has 0 aliphatic heterocycles. The van der Waals surface area contributed by atoms with Crippen molar-refractivity contribution >= 4 is 39.1 Å². The Morgan fingerprint density at radius 2 is 1.94 bits per heavy atom. The average molecular weight is 464 g/mol. The van der Waals surface area contributed by atoms with Crippen molar-refractivity contribution in [3.8, 4) is 5.75 Å². The normalized spacial score (nSPS) is 11.7. The van der Waals surface area contributed by atoms with Gasteiger partial charge in [-0.05, 0) is 23.6 Å². The topological polar surface area (TPSA) is 99.5 Å². The van der Waals surface area contributed by atoms with Gasteiger partial charge in [0.2, 0.25) is 6.10 Å². The molecule has 168 valence electrons. The molecule has 0 aliphatic carbocycles. The van der Waals surface area contributed by atoms with Crippen molar-refractivity contribution < 1.29 is 19.1 Å². The summed E-state index contributed by atoms with van der Waals surface area (Å²) in [4.78, 5) is 43.0. The average Bonchev–Trinajstić information content (AvgIpc) is 3.32. The Balaban J connectivity index is 1.47. The lowest BCUT2D eigenvalue weighted by Crippen LogP contribution is -2.27. The minimum absolute atomic E-state index is 0.0903. The molecule has 0 saturated carbocycles. The van der Waals surface area contributed by atoms with Crippen LogP contribution in [0.5, 0.6) is 5.75 Å². The van der Waals surface area contributed by atoms with Crippen molar-refractivity contribution in [2.24, 2.45) is 0 Å². The van der Waals surface area contributed by atoms with Crippen LogP contribution >= 0.6 is 11.3 Å². The largest absolute Gasteiger partial charge is 0.497 e. The maximum Gasteiger partial charge on any atom is 0.308 e. The first-order chi connectivity index (χ1) is 16.0. The summed E-state index contributed by atoms with van der Waals surface area (Å²) in [6.07, 6.45) is 0.171. The van der Waals surface area contributed by atoms with E-state index >= 15 is 0 Å². The van der Waals surface area contributed by atoms with Gasteiger partial charge < -0.3 is 14.8 Å². The summed E-state index contributed by atoms with van der Waals surface area (Å²) < 4.78 is 12.1. The number of aromatic nitrogens is 2. The van der Waals surface area contributed by atoms with Crippen molar-refractivity contribution in [3.63, 3.8) is 0 Å². The number of ether oxygens (including phenoxy) is 2. The number of esters is 1. The van der Waals surface area contributed by atoms with Crippen LogP contribution in [-0.2, 0) is 20.9 Å². The van der Waals surface area contributed by atoms with Crippen molar-refractivity contribution in [3.05, 3.63) is 88.3 Å². The molecule has 33 heavy (non-hydrogen) atoms. The van der Waals surface area contributed by atoms with Crippen LogP contribution in [0.4, 0.5) is 5.69 Å². The quantitative estimate of drug-likeness (QED) is 0.399. The molecule has 4 aromatic rings. The highest BCUT2D eigenvalue weighted by Gasteiger charge is 2.25. The monoisotopic (exact) mass is 463 g/mol. The number of anilines is 1. The lowest BCUT2D eigenvalue weighted by atomic mass is 10.1. The first kappa shape index (κ1) is 22.2. The predicted molar refractivity (Wildman–Crippen MR) is 125 cm³/mol. The zero-order valence-corrected chi connectivity index (χ0v) is 18.6. The molecule has 0 bridgehead atoms. The van der Waals surface area contributed by atoms with Crippen molar-refractivity contribution in [2.45, 2.75) is 19.1 Å². The fourth-order valence-electron chi connectivity index (χ4n) is 3.26. The van der Waals surface area contributed by atoms with Gasteiger partial charge in [0, 0.05) is 23.9 Å². The zero-order valence-electron chi connectivity index (χ0n) is 17.8. The molecule has 1 amide bonds. The minimum Gasteiger partial charge on any atom is -0.497 e. The third-order valence-corrected chi connectivity index (χ3v) is 5.76. The van der Waals surface area contributed by atoms with Gasteiger partial charge in [0.15, 0.2) is 0 Å². The van der Waals surface area contributed by atoms with E-state index in [1.54, 1.807) is 60.0 Å². The summed E-state index contributed by atoms with van der Waals surface area (Å²) >= 11 is 1.38. The van der Waals surface area contributed by atoms with Crippen LogP contribution < -0.4 is 15.6 Å². The maximum absolute atomic E-state index is 13.0. The van der Waals surface area contributed by atoms with E-state index in [1.807, 2.05) is 6.07 Å². The molecule has 2 heterocycles. The highest BCUT2D eigenvalue weighted by Crippen LogP contribution is 2.23. The van der Waals surface area contributed by atoms with Gasteiger partial charge in [-0.3, -0.25) is 19.0 Å². The summed E-state index contributed by atoms with van der Waals surface area (Å²) in [5, 5.41) is 5.07. The van der Waals surface area contributed by atoms with Crippen LogP contribution in [0.1, 0.15) is 18.1 Å². The number of nitrogens with one attached hydrogen (secondary N) is 1. The Bertz CT molecular complexity index is 1330. The second-order valence-electron chi connectivity index (χ2n) is 7.13. The van der Waals surface area contributed by atoms with E-state index in [0.29, 0.717) is 27.2 Å². The lowest BCUT2D eigenvalue weighted by Gasteiger charge is -2.18. The summed E-state index contributed by atoms with van der Waals surface area (Å²) in [5.41, 5.74) is 0.826. The van der Waals surface area contributed by atoms with E-state index in [1.165, 1.54) is 29.3 Å². The fraction of sp³-hybridized carbons (Fsp3) is 0.167. The van der Waals surface area contributed by atoms with Crippen LogP contribution in [0, 0.1) is 0 Å². The van der Waals surface area contributed by atoms with Crippen LogP contribution in [0.25, 0.3) is 10.2 Å². The number of hydrogen-bond acceptors (Lipinski definition) is 7. The Labute approximate surface area is 193 Å². The Morgan fingerprint density at radius 3 is 2.73 bits per heavy atom. The summed E-state index contributed by atoms with van der Waals surface area (Å²) in [5.74, 6) is -0.522. The molecule has 0 aliphatic rings. The molecule has 0 radical (unpaired) electrons. The van der Waals surface area contributed by atoms with Gasteiger partial charge in [0.1, 0.15) is 10.6 Å². The zero-order chi connectivity index (χ0) is 23.2. The van der Waals surface area contributed by atoms with Crippen LogP contribution in [0.15, 0.2) is 77.2 Å². The molecule has 8 nitrogen and oxygen atoms in total. The van der Waals surface area contributed by atoms with E-state index in [2.05, 4.69) is 10.3 Å². The number of hydrogen-bond donors (Lipinski definition) is 1. The third-order valence-electron chi connectivity index (χ3n) is 4.93. The lowest BCUT2D eigenvalue weighted by molar-refractivity contribution is -0.155. The standard InChI is InChI=1S/C24H21N3O5S/c1-31-18-9-5-8-17(14-18)26-22(29)21(16-6-3-2-4-7-16)32-20(28)10-12-27-15-25-23-19(24(27)30)11-13-33-23/h2-9,11,13-15,21H,10,12H2,1H3,(H,26,29). The molecule has 1 atom stereocenters. The first-order valence-corrected chi connectivity index (χ1v) is 11.0. The number of benzene rings is 2. The van der Waals surface area contributed by atoms with Gasteiger partial charge in [-0.25, -0.2) is 4.98 Å². The van der Waals surface area contributed by atoms with E-state index in [4.69, 9.17) is 9.47 Å². The fourth-order valence-corrected chi connectivity index (χ4v) is 3.99. The predicted octanol–water partition coefficient (Wildman–Crippen LogP) is 3.78. The number of nitrogens with zero attached hydrogens (tertiary/aromatic N) is 2. The number of rotatable bonds is 8. The van der Waals surface area contributed by atoms with Gasteiger partial charge in [0.25, 0.3) is 11.5 Å². The molecule has 0 fully saturated rings. The molecule has 1 N–H and O–H groups in total. The first-order valence-electron chi connectivity index (χ1n) is 10.2. The van der Waals surface area contributed by atoms with Gasteiger partial charge in [-0.1, -0.05) is 36.4 Å². The molecule has 0 spiro atoms. The number of carbonyl (C=O) groups is 2. The van der Waals surface area contributed by atoms with Gasteiger partial charge >= 0.3 is 5.97 Å². The Hall–Kier alpha value is -3.98. The van der Waals surface area contributed by atoms with Crippen molar-refractivity contribution in [2.75, 3.05) is 12.4 Å². The molecule has 2 aromatic carbocycles. The summed E-state index contributed by atoms with van der Waals surface area (Å²) in [7, 11) is 1.53. The second kappa shape index (κ2) is 10.1. The Kier molecular flexibility index (Phi) is 6.80.